The van der Waals surface area contributed by atoms with Gasteiger partial charge in [-0.05, 0) is 64.1 Å². The minimum Gasteiger partial charge on any atom is -0.361 e. The van der Waals surface area contributed by atoms with E-state index in [4.69, 9.17) is 0 Å². The van der Waals surface area contributed by atoms with Crippen molar-refractivity contribution in [3.8, 4) is 0 Å². The second kappa shape index (κ2) is 6.68. The van der Waals surface area contributed by atoms with E-state index in [1.54, 1.807) is 11.8 Å². The van der Waals surface area contributed by atoms with Gasteiger partial charge in [-0.25, -0.2) is 0 Å². The molecule has 2 nitrogen and oxygen atoms in total. The van der Waals surface area contributed by atoms with E-state index in [9.17, 15) is 0 Å². The zero-order valence-electron chi connectivity index (χ0n) is 13.2. The molecule has 0 aliphatic heterocycles. The highest BCUT2D eigenvalue weighted by Gasteiger charge is 2.14. The average molecular weight is 290 g/mol. The summed E-state index contributed by atoms with van der Waals surface area (Å²) >= 11 is 1.81. The fourth-order valence-corrected chi connectivity index (χ4v) is 3.29. The van der Waals surface area contributed by atoms with Crippen LogP contribution in [0.1, 0.15) is 33.3 Å². The lowest BCUT2D eigenvalue weighted by atomic mass is 10.1. The number of aromatic amines is 1. The maximum atomic E-state index is 3.39. The summed E-state index contributed by atoms with van der Waals surface area (Å²) in [6.07, 6.45) is 5.41. The highest BCUT2D eigenvalue weighted by Crippen LogP contribution is 2.25. The fraction of sp³-hybridized carbons (Fsp3) is 0.529. The molecule has 1 heterocycles. The van der Waals surface area contributed by atoms with Crippen molar-refractivity contribution in [2.24, 2.45) is 0 Å². The van der Waals surface area contributed by atoms with Gasteiger partial charge in [0.15, 0.2) is 0 Å². The van der Waals surface area contributed by atoms with Gasteiger partial charge < -0.3 is 4.98 Å². The Bertz CT molecular complexity index is 549. The van der Waals surface area contributed by atoms with Crippen LogP contribution in [-0.4, -0.2) is 34.8 Å². The molecule has 0 aliphatic rings. The fourth-order valence-electron chi connectivity index (χ4n) is 2.85. The molecule has 0 atom stereocenters. The molecule has 2 aromatic rings. The van der Waals surface area contributed by atoms with Crippen LogP contribution < -0.4 is 0 Å². The molecular formula is C17H26N2S. The molecule has 0 spiro atoms. The molecule has 0 bridgehead atoms. The molecule has 20 heavy (non-hydrogen) atoms. The Hall–Kier alpha value is -0.930. The number of aromatic nitrogens is 1. The van der Waals surface area contributed by atoms with Crippen molar-refractivity contribution in [3.05, 3.63) is 30.0 Å². The molecule has 0 radical (unpaired) electrons. The summed E-state index contributed by atoms with van der Waals surface area (Å²) < 4.78 is 0. The van der Waals surface area contributed by atoms with Crippen molar-refractivity contribution in [3.63, 3.8) is 0 Å². The van der Waals surface area contributed by atoms with Crippen LogP contribution in [0, 0.1) is 0 Å². The van der Waals surface area contributed by atoms with E-state index >= 15 is 0 Å². The van der Waals surface area contributed by atoms with Crippen molar-refractivity contribution >= 4 is 22.7 Å². The molecule has 1 aromatic heterocycles. The van der Waals surface area contributed by atoms with E-state index in [1.165, 1.54) is 21.4 Å². The Morgan fingerprint density at radius 1 is 1.15 bits per heavy atom. The molecule has 0 saturated carbocycles. The maximum Gasteiger partial charge on any atom is 0.0457 e. The lowest BCUT2D eigenvalue weighted by molar-refractivity contribution is 0.177. The first kappa shape index (κ1) is 15.5. The van der Waals surface area contributed by atoms with Crippen molar-refractivity contribution in [1.29, 1.82) is 0 Å². The van der Waals surface area contributed by atoms with Crippen LogP contribution in [0.25, 0.3) is 10.9 Å². The number of hydrogen-bond donors (Lipinski definition) is 1. The van der Waals surface area contributed by atoms with Gasteiger partial charge >= 0.3 is 0 Å². The van der Waals surface area contributed by atoms with E-state index in [-0.39, 0.29) is 0 Å². The second-order valence-corrected chi connectivity index (χ2v) is 6.78. The summed E-state index contributed by atoms with van der Waals surface area (Å²) in [6, 6.07) is 7.87. The smallest absolute Gasteiger partial charge is 0.0457 e. The predicted molar refractivity (Wildman–Crippen MR) is 90.8 cm³/mol. The first-order valence-corrected chi connectivity index (χ1v) is 8.65. The molecule has 0 aliphatic carbocycles. The monoisotopic (exact) mass is 290 g/mol. The molecule has 1 aromatic carbocycles. The normalized spacial score (nSPS) is 12.2. The third-order valence-corrected chi connectivity index (χ3v) is 4.67. The van der Waals surface area contributed by atoms with Crippen LogP contribution in [0.2, 0.25) is 0 Å². The highest BCUT2D eigenvalue weighted by molar-refractivity contribution is 7.98. The third kappa shape index (κ3) is 3.39. The molecule has 110 valence electrons. The molecule has 0 fully saturated rings. The number of nitrogens with one attached hydrogen (secondary N) is 1. The molecule has 0 saturated heterocycles. The van der Waals surface area contributed by atoms with Gasteiger partial charge in [-0.2, -0.15) is 0 Å². The first-order chi connectivity index (χ1) is 9.52. The van der Waals surface area contributed by atoms with Crippen LogP contribution in [0.15, 0.2) is 29.3 Å². The van der Waals surface area contributed by atoms with Gasteiger partial charge in [0.2, 0.25) is 0 Å². The van der Waals surface area contributed by atoms with Crippen LogP contribution in [0.3, 0.4) is 0 Å². The van der Waals surface area contributed by atoms with Crippen LogP contribution in [-0.2, 0) is 6.42 Å². The first-order valence-electron chi connectivity index (χ1n) is 7.42. The standard InChI is InChI=1S/C17H26N2S/c1-12(2)19(13(3)4)9-8-14-11-18-17-7-6-15(20-5)10-16(14)17/h6-7,10-13,18H,8-9H2,1-5H3. The third-order valence-electron chi connectivity index (χ3n) is 3.94. The number of benzene rings is 1. The number of rotatable bonds is 6. The number of H-pyrrole nitrogens is 1. The van der Waals surface area contributed by atoms with Crippen molar-refractivity contribution in [1.82, 2.24) is 9.88 Å². The van der Waals surface area contributed by atoms with E-state index in [1.807, 2.05) is 0 Å². The Kier molecular flexibility index (Phi) is 5.17. The van der Waals surface area contributed by atoms with Gasteiger partial charge in [-0.1, -0.05) is 0 Å². The maximum absolute atomic E-state index is 3.39. The zero-order chi connectivity index (χ0) is 14.7. The Labute approximate surface area is 126 Å². The summed E-state index contributed by atoms with van der Waals surface area (Å²) in [5.41, 5.74) is 2.68. The largest absolute Gasteiger partial charge is 0.361 e. The van der Waals surface area contributed by atoms with Crippen LogP contribution >= 0.6 is 11.8 Å². The predicted octanol–water partition coefficient (Wildman–Crippen LogP) is 4.55. The Morgan fingerprint density at radius 2 is 1.85 bits per heavy atom. The van der Waals surface area contributed by atoms with Gasteiger partial charge in [-0.3, -0.25) is 4.90 Å². The van der Waals surface area contributed by atoms with E-state index in [0.29, 0.717) is 12.1 Å². The summed E-state index contributed by atoms with van der Waals surface area (Å²) in [5.74, 6) is 0. The van der Waals surface area contributed by atoms with Gasteiger partial charge in [0, 0.05) is 40.6 Å². The van der Waals surface area contributed by atoms with Gasteiger partial charge in [0.25, 0.3) is 0 Å². The lowest BCUT2D eigenvalue weighted by Gasteiger charge is -2.30. The molecule has 2 rings (SSSR count). The summed E-state index contributed by atoms with van der Waals surface area (Å²) in [6.45, 7) is 10.2. The average Bonchev–Trinajstić information content (AvgIpc) is 2.80. The highest BCUT2D eigenvalue weighted by atomic mass is 32.2. The van der Waals surface area contributed by atoms with Gasteiger partial charge in [0.1, 0.15) is 0 Å². The van der Waals surface area contributed by atoms with Crippen molar-refractivity contribution in [2.75, 3.05) is 12.8 Å². The molecular weight excluding hydrogens is 264 g/mol. The summed E-state index contributed by atoms with van der Waals surface area (Å²) in [5, 5.41) is 1.38. The number of thioether (sulfide) groups is 1. The van der Waals surface area contributed by atoms with E-state index in [2.05, 4.69) is 68.2 Å². The summed E-state index contributed by atoms with van der Waals surface area (Å²) in [4.78, 5) is 7.28. The van der Waals surface area contributed by atoms with E-state index in [0.717, 1.165) is 13.0 Å². The Morgan fingerprint density at radius 3 is 2.45 bits per heavy atom. The minimum absolute atomic E-state index is 0.599. The molecule has 3 heteroatoms. The van der Waals surface area contributed by atoms with Gasteiger partial charge in [0.05, 0.1) is 0 Å². The molecule has 1 N–H and O–H groups in total. The van der Waals surface area contributed by atoms with E-state index < -0.39 is 0 Å². The quantitative estimate of drug-likeness (QED) is 0.787. The number of nitrogens with zero attached hydrogens (tertiary/aromatic N) is 1. The number of fused-ring (bicyclic) bond motifs is 1. The lowest BCUT2D eigenvalue weighted by Crippen LogP contribution is -2.38. The minimum atomic E-state index is 0.599. The zero-order valence-corrected chi connectivity index (χ0v) is 14.1. The van der Waals surface area contributed by atoms with Crippen LogP contribution in [0.5, 0.6) is 0 Å². The molecule has 0 unspecified atom stereocenters. The van der Waals surface area contributed by atoms with Crippen LogP contribution in [0.4, 0.5) is 0 Å². The van der Waals surface area contributed by atoms with Crippen molar-refractivity contribution < 1.29 is 0 Å². The SMILES string of the molecule is CSc1ccc2[nH]cc(CCN(C(C)C)C(C)C)c2c1. The van der Waals surface area contributed by atoms with Crippen molar-refractivity contribution in [2.45, 2.75) is 51.1 Å². The molecule has 0 amide bonds. The second-order valence-electron chi connectivity index (χ2n) is 5.90. The summed E-state index contributed by atoms with van der Waals surface area (Å²) in [7, 11) is 0. The van der Waals surface area contributed by atoms with Gasteiger partial charge in [-0.15, -0.1) is 11.8 Å². The number of hydrogen-bond acceptors (Lipinski definition) is 2. The topological polar surface area (TPSA) is 19.0 Å². The Balaban J connectivity index is 2.17.